The van der Waals surface area contributed by atoms with Crippen LogP contribution in [-0.4, -0.2) is 11.9 Å². The van der Waals surface area contributed by atoms with E-state index in [1.807, 2.05) is 31.2 Å². The smallest absolute Gasteiger partial charge is 0.213 e. The number of nitrogens with two attached hydrogens (primary N) is 1. The first kappa shape index (κ1) is 10.5. The zero-order chi connectivity index (χ0) is 11.7. The molecule has 1 atom stereocenters. The van der Waals surface area contributed by atoms with Gasteiger partial charge < -0.3 is 10.5 Å². The highest BCUT2D eigenvalue weighted by atomic mass is 16.5. The minimum Gasteiger partial charge on any atom is -0.463 e. The molecule has 0 spiro atoms. The average molecular weight is 215 g/mol. The largest absolute Gasteiger partial charge is 0.463 e. The van der Waals surface area contributed by atoms with Crippen molar-refractivity contribution in [3.8, 4) is 0 Å². The molecule has 3 nitrogen and oxygen atoms in total. The van der Waals surface area contributed by atoms with Gasteiger partial charge in [-0.05, 0) is 18.6 Å². The van der Waals surface area contributed by atoms with Crippen molar-refractivity contribution in [2.45, 2.75) is 13.0 Å². The Morgan fingerprint density at radius 2 is 2.25 bits per heavy atom. The lowest BCUT2D eigenvalue weighted by atomic mass is 9.99. The van der Waals surface area contributed by atoms with Gasteiger partial charge in [-0.3, -0.25) is 4.79 Å². The topological polar surface area (TPSA) is 52.3 Å². The highest BCUT2D eigenvalue weighted by molar-refractivity contribution is 6.25. The van der Waals surface area contributed by atoms with Crippen molar-refractivity contribution in [3.05, 3.63) is 53.9 Å². The molecule has 0 aliphatic carbocycles. The lowest BCUT2D eigenvalue weighted by Gasteiger charge is -2.02. The van der Waals surface area contributed by atoms with Crippen molar-refractivity contribution >= 4 is 11.4 Å². The van der Waals surface area contributed by atoms with Crippen molar-refractivity contribution in [1.29, 1.82) is 0 Å². The molecule has 0 aromatic heterocycles. The van der Waals surface area contributed by atoms with Gasteiger partial charge in [0, 0.05) is 0 Å². The molecule has 1 heterocycles. The summed E-state index contributed by atoms with van der Waals surface area (Å²) < 4.78 is 5.22. The highest BCUT2D eigenvalue weighted by Crippen LogP contribution is 2.28. The summed E-state index contributed by atoms with van der Waals surface area (Å²) in [6, 6.07) is 7.61. The molecule has 2 rings (SSSR count). The second-order valence-electron chi connectivity index (χ2n) is 3.75. The first-order valence-corrected chi connectivity index (χ1v) is 5.03. The van der Waals surface area contributed by atoms with Gasteiger partial charge in [-0.25, -0.2) is 0 Å². The minimum atomic E-state index is -0.643. The molecule has 0 radical (unpaired) electrons. The Bertz CT molecular complexity index is 488. The van der Waals surface area contributed by atoms with Crippen LogP contribution in [0.1, 0.15) is 11.1 Å². The van der Waals surface area contributed by atoms with Crippen molar-refractivity contribution in [3.63, 3.8) is 0 Å². The first-order valence-electron chi connectivity index (χ1n) is 5.03. The third-order valence-corrected chi connectivity index (χ3v) is 2.53. The Labute approximate surface area is 94.2 Å². The van der Waals surface area contributed by atoms with E-state index in [2.05, 4.69) is 6.58 Å². The van der Waals surface area contributed by atoms with Crippen molar-refractivity contribution in [2.75, 3.05) is 0 Å². The van der Waals surface area contributed by atoms with E-state index in [9.17, 15) is 4.79 Å². The number of hydrogen-bond acceptors (Lipinski definition) is 3. The van der Waals surface area contributed by atoms with Crippen molar-refractivity contribution in [2.24, 2.45) is 5.73 Å². The summed E-state index contributed by atoms with van der Waals surface area (Å²) in [5, 5.41) is 0. The zero-order valence-corrected chi connectivity index (χ0v) is 9.07. The number of ether oxygens (including phenoxy) is 1. The van der Waals surface area contributed by atoms with E-state index >= 15 is 0 Å². The first-order chi connectivity index (χ1) is 7.63. The van der Waals surface area contributed by atoms with Crippen LogP contribution in [0.25, 0.3) is 5.57 Å². The summed E-state index contributed by atoms with van der Waals surface area (Å²) in [6.45, 7) is 5.51. The predicted octanol–water partition coefficient (Wildman–Crippen LogP) is 1.78. The second kappa shape index (κ2) is 3.85. The van der Waals surface area contributed by atoms with Gasteiger partial charge in [0.15, 0.2) is 12.0 Å². The molecule has 0 amide bonds. The van der Waals surface area contributed by atoms with Gasteiger partial charge >= 0.3 is 0 Å². The van der Waals surface area contributed by atoms with Crippen LogP contribution in [0.5, 0.6) is 0 Å². The third kappa shape index (κ3) is 1.60. The molecule has 1 aliphatic rings. The molecule has 82 valence electrons. The minimum absolute atomic E-state index is 0.127. The lowest BCUT2D eigenvalue weighted by molar-refractivity contribution is -0.118. The number of Topliss-reactive ketones (excluding diaryl/α,β-unsaturated/α-hetero) is 1. The van der Waals surface area contributed by atoms with Gasteiger partial charge in [0.1, 0.15) is 0 Å². The monoisotopic (exact) mass is 215 g/mol. The molecular weight excluding hydrogens is 202 g/mol. The fraction of sp³-hybridized carbons (Fsp3) is 0.154. The van der Waals surface area contributed by atoms with E-state index in [-0.39, 0.29) is 11.7 Å². The Kier molecular flexibility index (Phi) is 2.52. The van der Waals surface area contributed by atoms with Crippen LogP contribution in [0.4, 0.5) is 0 Å². The molecule has 0 saturated heterocycles. The van der Waals surface area contributed by atoms with E-state index < -0.39 is 6.10 Å². The molecule has 0 fully saturated rings. The van der Waals surface area contributed by atoms with E-state index in [1.54, 1.807) is 0 Å². The summed E-state index contributed by atoms with van der Waals surface area (Å²) in [7, 11) is 0. The summed E-state index contributed by atoms with van der Waals surface area (Å²) in [5.41, 5.74) is 8.03. The number of benzene rings is 1. The molecule has 16 heavy (non-hydrogen) atoms. The van der Waals surface area contributed by atoms with E-state index in [0.717, 1.165) is 11.1 Å². The third-order valence-electron chi connectivity index (χ3n) is 2.53. The fourth-order valence-corrected chi connectivity index (χ4v) is 1.75. The van der Waals surface area contributed by atoms with Gasteiger partial charge in [0.05, 0.1) is 5.57 Å². The maximum Gasteiger partial charge on any atom is 0.213 e. The Morgan fingerprint density at radius 1 is 1.50 bits per heavy atom. The standard InChI is InChI=1S/C13H13NO2/c1-3-10-12(15)11(13(14)16-10)9-6-4-5-8(2)7-9/h3-7,10H,1,14H2,2H3. The van der Waals surface area contributed by atoms with Crippen LogP contribution in [0.3, 0.4) is 0 Å². The Hall–Kier alpha value is -2.03. The SMILES string of the molecule is C=CC1OC(N)=C(c2cccc(C)c2)C1=O. The summed E-state index contributed by atoms with van der Waals surface area (Å²) in [5.74, 6) is 0.0543. The van der Waals surface area contributed by atoms with Gasteiger partial charge in [-0.1, -0.05) is 36.4 Å². The Balaban J connectivity index is 2.45. The predicted molar refractivity (Wildman–Crippen MR) is 62.4 cm³/mol. The number of aryl methyl sites for hydroxylation is 1. The summed E-state index contributed by atoms with van der Waals surface area (Å²) in [4.78, 5) is 11.9. The second-order valence-corrected chi connectivity index (χ2v) is 3.75. The van der Waals surface area contributed by atoms with E-state index in [4.69, 9.17) is 10.5 Å². The van der Waals surface area contributed by atoms with Crippen LogP contribution in [-0.2, 0) is 9.53 Å². The summed E-state index contributed by atoms with van der Waals surface area (Å²) in [6.07, 6.45) is 0.813. The summed E-state index contributed by atoms with van der Waals surface area (Å²) >= 11 is 0. The molecule has 2 N–H and O–H groups in total. The number of hydrogen-bond donors (Lipinski definition) is 1. The number of ketones is 1. The molecule has 1 aromatic carbocycles. The van der Waals surface area contributed by atoms with Crippen molar-refractivity contribution in [1.82, 2.24) is 0 Å². The molecule has 1 aromatic rings. The van der Waals surface area contributed by atoms with Crippen LogP contribution < -0.4 is 5.73 Å². The van der Waals surface area contributed by atoms with Crippen LogP contribution in [0.15, 0.2) is 42.8 Å². The highest BCUT2D eigenvalue weighted by Gasteiger charge is 2.32. The number of rotatable bonds is 2. The average Bonchev–Trinajstić information content (AvgIpc) is 2.53. The maximum atomic E-state index is 11.9. The van der Waals surface area contributed by atoms with E-state index in [1.165, 1.54) is 6.08 Å². The fourth-order valence-electron chi connectivity index (χ4n) is 1.75. The maximum absolute atomic E-state index is 11.9. The zero-order valence-electron chi connectivity index (χ0n) is 9.07. The van der Waals surface area contributed by atoms with E-state index in [0.29, 0.717) is 5.57 Å². The van der Waals surface area contributed by atoms with Gasteiger partial charge in [-0.2, -0.15) is 0 Å². The van der Waals surface area contributed by atoms with Gasteiger partial charge in [0.25, 0.3) is 0 Å². The number of carbonyl (C=O) groups is 1. The van der Waals surface area contributed by atoms with Gasteiger partial charge in [-0.15, -0.1) is 0 Å². The van der Waals surface area contributed by atoms with Crippen molar-refractivity contribution < 1.29 is 9.53 Å². The Morgan fingerprint density at radius 3 is 2.81 bits per heavy atom. The molecule has 0 bridgehead atoms. The molecular formula is C13H13NO2. The quantitative estimate of drug-likeness (QED) is 0.765. The van der Waals surface area contributed by atoms with Crippen LogP contribution in [0.2, 0.25) is 0 Å². The lowest BCUT2D eigenvalue weighted by Crippen LogP contribution is -2.14. The molecule has 0 saturated carbocycles. The number of carbonyl (C=O) groups excluding carboxylic acids is 1. The molecule has 3 heteroatoms. The van der Waals surface area contributed by atoms with Crippen LogP contribution in [0, 0.1) is 6.92 Å². The van der Waals surface area contributed by atoms with Gasteiger partial charge in [0.2, 0.25) is 5.78 Å². The normalized spacial score (nSPS) is 19.8. The molecule has 1 aliphatic heterocycles. The molecule has 1 unspecified atom stereocenters. The van der Waals surface area contributed by atoms with Crippen LogP contribution >= 0.6 is 0 Å².